The molecule has 0 saturated carbocycles. The van der Waals surface area contributed by atoms with Crippen LogP contribution in [0, 0.1) is 0 Å². The molecule has 2 atom stereocenters. The number of aliphatic carboxylic acids is 1. The van der Waals surface area contributed by atoms with Crippen LogP contribution in [0.25, 0.3) is 0 Å². The Morgan fingerprint density at radius 2 is 2.04 bits per heavy atom. The van der Waals surface area contributed by atoms with Gasteiger partial charge in [-0.1, -0.05) is 24.3 Å². The van der Waals surface area contributed by atoms with E-state index in [9.17, 15) is 14.7 Å². The minimum Gasteiger partial charge on any atom is -0.480 e. The highest BCUT2D eigenvalue weighted by molar-refractivity contribution is 5.77. The molecule has 1 aromatic rings. The largest absolute Gasteiger partial charge is 0.480 e. The minimum atomic E-state index is -0.774. The Balaban J connectivity index is 1.53. The predicted octanol–water partition coefficient (Wildman–Crippen LogP) is 2.12. The first-order chi connectivity index (χ1) is 11.1. The van der Waals surface area contributed by atoms with Gasteiger partial charge in [0.2, 0.25) is 5.91 Å². The zero-order valence-electron chi connectivity index (χ0n) is 13.3. The Hall–Kier alpha value is -1.88. The van der Waals surface area contributed by atoms with Crippen molar-refractivity contribution >= 4 is 11.9 Å². The van der Waals surface area contributed by atoms with Gasteiger partial charge in [-0.2, -0.15) is 0 Å². The third kappa shape index (κ3) is 3.72. The first-order valence-corrected chi connectivity index (χ1v) is 8.49. The number of hydrogen-bond acceptors (Lipinski definition) is 3. The highest BCUT2D eigenvalue weighted by atomic mass is 16.4. The lowest BCUT2D eigenvalue weighted by Gasteiger charge is -2.27. The molecule has 124 valence electrons. The molecule has 0 radical (unpaired) electrons. The summed E-state index contributed by atoms with van der Waals surface area (Å²) in [6.45, 7) is 1.30. The van der Waals surface area contributed by atoms with Crippen molar-refractivity contribution in [3.63, 3.8) is 0 Å². The van der Waals surface area contributed by atoms with E-state index in [1.54, 1.807) is 0 Å². The van der Waals surface area contributed by atoms with Crippen molar-refractivity contribution < 1.29 is 14.7 Å². The predicted molar refractivity (Wildman–Crippen MR) is 87.1 cm³/mol. The number of benzene rings is 1. The quantitative estimate of drug-likeness (QED) is 0.873. The number of fused-ring (bicyclic) bond motifs is 1. The van der Waals surface area contributed by atoms with E-state index in [0.717, 1.165) is 32.2 Å². The summed E-state index contributed by atoms with van der Waals surface area (Å²) in [4.78, 5) is 25.4. The van der Waals surface area contributed by atoms with E-state index in [0.29, 0.717) is 19.4 Å². The molecule has 2 N–H and O–H groups in total. The summed E-state index contributed by atoms with van der Waals surface area (Å²) in [5.41, 5.74) is 2.56. The molecule has 1 heterocycles. The lowest BCUT2D eigenvalue weighted by Crippen LogP contribution is -2.39. The molecule has 1 aromatic carbocycles. The fourth-order valence-electron chi connectivity index (χ4n) is 3.79. The van der Waals surface area contributed by atoms with Crippen LogP contribution in [-0.4, -0.2) is 41.0 Å². The maximum Gasteiger partial charge on any atom is 0.320 e. The molecule has 0 bridgehead atoms. The van der Waals surface area contributed by atoms with Crippen molar-refractivity contribution in [3.8, 4) is 0 Å². The van der Waals surface area contributed by atoms with Crippen molar-refractivity contribution in [1.29, 1.82) is 0 Å². The molecule has 1 fully saturated rings. The summed E-state index contributed by atoms with van der Waals surface area (Å²) in [6, 6.07) is 7.97. The smallest absolute Gasteiger partial charge is 0.320 e. The number of nitrogens with zero attached hydrogens (tertiary/aromatic N) is 1. The monoisotopic (exact) mass is 316 g/mol. The van der Waals surface area contributed by atoms with Gasteiger partial charge < -0.3 is 10.4 Å². The SMILES string of the molecule is O=C(CCN1CCC[C@@H]1C(=O)O)NC1CCCc2ccccc21. The zero-order chi connectivity index (χ0) is 16.2. The van der Waals surface area contributed by atoms with Crippen LogP contribution in [0.4, 0.5) is 0 Å². The number of rotatable bonds is 5. The number of nitrogens with one attached hydrogen (secondary N) is 1. The number of carbonyl (C=O) groups excluding carboxylic acids is 1. The highest BCUT2D eigenvalue weighted by Gasteiger charge is 2.30. The van der Waals surface area contributed by atoms with E-state index in [-0.39, 0.29) is 11.9 Å². The molecule has 1 saturated heterocycles. The van der Waals surface area contributed by atoms with E-state index in [1.807, 2.05) is 17.0 Å². The van der Waals surface area contributed by atoms with Crippen LogP contribution in [0.1, 0.15) is 49.3 Å². The van der Waals surface area contributed by atoms with E-state index >= 15 is 0 Å². The molecule has 0 spiro atoms. The number of carboxylic acid groups (broad SMARTS) is 1. The normalized spacial score (nSPS) is 24.2. The number of likely N-dealkylation sites (tertiary alicyclic amines) is 1. The number of aryl methyl sites for hydroxylation is 1. The van der Waals surface area contributed by atoms with E-state index in [2.05, 4.69) is 17.4 Å². The maximum atomic E-state index is 12.3. The van der Waals surface area contributed by atoms with Gasteiger partial charge in [-0.3, -0.25) is 14.5 Å². The van der Waals surface area contributed by atoms with Gasteiger partial charge in [0, 0.05) is 13.0 Å². The molecule has 1 aliphatic heterocycles. The zero-order valence-corrected chi connectivity index (χ0v) is 13.3. The molecule has 2 aliphatic rings. The van der Waals surface area contributed by atoms with Gasteiger partial charge in [0.25, 0.3) is 0 Å². The number of amides is 1. The highest BCUT2D eigenvalue weighted by Crippen LogP contribution is 2.29. The second-order valence-corrected chi connectivity index (χ2v) is 6.49. The molecule has 5 heteroatoms. The Morgan fingerprint density at radius 3 is 2.87 bits per heavy atom. The van der Waals surface area contributed by atoms with Crippen molar-refractivity contribution in [2.75, 3.05) is 13.1 Å². The lowest BCUT2D eigenvalue weighted by atomic mass is 9.87. The van der Waals surface area contributed by atoms with Crippen molar-refractivity contribution in [2.45, 2.75) is 50.6 Å². The third-order valence-electron chi connectivity index (χ3n) is 4.98. The summed E-state index contributed by atoms with van der Waals surface area (Å²) < 4.78 is 0. The van der Waals surface area contributed by atoms with E-state index < -0.39 is 12.0 Å². The third-order valence-corrected chi connectivity index (χ3v) is 4.98. The number of carboxylic acids is 1. The molecule has 0 aromatic heterocycles. The van der Waals surface area contributed by atoms with Gasteiger partial charge in [0.15, 0.2) is 0 Å². The first-order valence-electron chi connectivity index (χ1n) is 8.49. The summed E-state index contributed by atoms with van der Waals surface area (Å²) in [7, 11) is 0. The fraction of sp³-hybridized carbons (Fsp3) is 0.556. The van der Waals surface area contributed by atoms with Crippen LogP contribution < -0.4 is 5.32 Å². The first kappa shape index (κ1) is 16.0. The molecule has 3 rings (SSSR count). The van der Waals surface area contributed by atoms with E-state index in [1.165, 1.54) is 11.1 Å². The second kappa shape index (κ2) is 7.13. The Bertz CT molecular complexity index is 587. The van der Waals surface area contributed by atoms with Crippen LogP contribution in [0.3, 0.4) is 0 Å². The van der Waals surface area contributed by atoms with Gasteiger partial charge in [-0.15, -0.1) is 0 Å². The summed E-state index contributed by atoms with van der Waals surface area (Å²) in [5.74, 6) is -0.758. The van der Waals surface area contributed by atoms with Gasteiger partial charge >= 0.3 is 5.97 Å². The summed E-state index contributed by atoms with van der Waals surface area (Å²) >= 11 is 0. The number of carbonyl (C=O) groups is 2. The number of hydrogen-bond donors (Lipinski definition) is 2. The van der Waals surface area contributed by atoms with Crippen molar-refractivity contribution in [2.24, 2.45) is 0 Å². The minimum absolute atomic E-state index is 0.0164. The van der Waals surface area contributed by atoms with Crippen LogP contribution >= 0.6 is 0 Å². The fourth-order valence-corrected chi connectivity index (χ4v) is 3.79. The van der Waals surface area contributed by atoms with Gasteiger partial charge in [-0.25, -0.2) is 0 Å². The average molecular weight is 316 g/mol. The average Bonchev–Trinajstić information content (AvgIpc) is 3.02. The maximum absolute atomic E-state index is 12.3. The topological polar surface area (TPSA) is 69.6 Å². The van der Waals surface area contributed by atoms with E-state index in [4.69, 9.17) is 0 Å². The Kier molecular flexibility index (Phi) is 4.96. The van der Waals surface area contributed by atoms with Crippen LogP contribution in [0.5, 0.6) is 0 Å². The molecule has 1 amide bonds. The summed E-state index contributed by atoms with van der Waals surface area (Å²) in [6.07, 6.45) is 5.10. The van der Waals surface area contributed by atoms with Crippen LogP contribution in [-0.2, 0) is 16.0 Å². The molecule has 1 aliphatic carbocycles. The summed E-state index contributed by atoms with van der Waals surface area (Å²) in [5, 5.41) is 12.3. The van der Waals surface area contributed by atoms with Crippen molar-refractivity contribution in [1.82, 2.24) is 10.2 Å². The van der Waals surface area contributed by atoms with Crippen LogP contribution in [0.15, 0.2) is 24.3 Å². The van der Waals surface area contributed by atoms with Crippen LogP contribution in [0.2, 0.25) is 0 Å². The van der Waals surface area contributed by atoms with Crippen molar-refractivity contribution in [3.05, 3.63) is 35.4 Å². The second-order valence-electron chi connectivity index (χ2n) is 6.49. The molecule has 5 nitrogen and oxygen atoms in total. The Morgan fingerprint density at radius 1 is 1.22 bits per heavy atom. The molecule has 1 unspecified atom stereocenters. The molecule has 23 heavy (non-hydrogen) atoms. The molecular formula is C18H24N2O3. The Labute approximate surface area is 136 Å². The lowest BCUT2D eigenvalue weighted by molar-refractivity contribution is -0.142. The van der Waals surface area contributed by atoms with Gasteiger partial charge in [0.1, 0.15) is 6.04 Å². The van der Waals surface area contributed by atoms with Gasteiger partial charge in [-0.05, 0) is 49.8 Å². The standard InChI is InChI=1S/C18H24N2O3/c21-17(10-12-20-11-4-9-16(20)18(22)23)19-15-8-3-6-13-5-1-2-7-14(13)15/h1-2,5,7,15-16H,3-4,6,8-12H2,(H,19,21)(H,22,23)/t15?,16-/m1/s1. The molecular weight excluding hydrogens is 292 g/mol. The van der Waals surface area contributed by atoms with Gasteiger partial charge in [0.05, 0.1) is 6.04 Å².